The van der Waals surface area contributed by atoms with Crippen molar-refractivity contribution in [1.82, 2.24) is 19.9 Å². The van der Waals surface area contributed by atoms with E-state index in [4.69, 9.17) is 9.47 Å². The number of amides is 1. The van der Waals surface area contributed by atoms with Crippen LogP contribution in [0.15, 0.2) is 42.6 Å². The molecule has 124 valence electrons. The molecule has 0 bridgehead atoms. The Morgan fingerprint density at radius 1 is 1.17 bits per heavy atom. The lowest BCUT2D eigenvalue weighted by Gasteiger charge is -2.14. The van der Waals surface area contributed by atoms with Crippen LogP contribution in [0.2, 0.25) is 0 Å². The summed E-state index contributed by atoms with van der Waals surface area (Å²) < 4.78 is 12.3. The van der Waals surface area contributed by atoms with Crippen LogP contribution in [0.3, 0.4) is 0 Å². The van der Waals surface area contributed by atoms with Crippen molar-refractivity contribution in [2.45, 2.75) is 13.0 Å². The molecular weight excluding hydrogens is 308 g/mol. The van der Waals surface area contributed by atoms with E-state index in [1.807, 2.05) is 35.7 Å². The van der Waals surface area contributed by atoms with E-state index in [-0.39, 0.29) is 11.9 Å². The fraction of sp³-hybridized carbons (Fsp3) is 0.235. The van der Waals surface area contributed by atoms with E-state index in [0.717, 1.165) is 5.65 Å². The first kappa shape index (κ1) is 15.8. The molecule has 1 aromatic carbocycles. The van der Waals surface area contributed by atoms with Crippen LogP contribution in [-0.2, 0) is 0 Å². The van der Waals surface area contributed by atoms with E-state index in [1.54, 1.807) is 25.3 Å². The number of carbonyl (C=O) groups excluding carboxylic acids is 1. The molecule has 1 unspecified atom stereocenters. The summed E-state index contributed by atoms with van der Waals surface area (Å²) in [4.78, 5) is 12.6. The Morgan fingerprint density at radius 3 is 2.75 bits per heavy atom. The number of carbonyl (C=O) groups is 1. The van der Waals surface area contributed by atoms with Crippen LogP contribution in [0.25, 0.3) is 5.65 Å². The molecule has 0 aliphatic rings. The van der Waals surface area contributed by atoms with Crippen LogP contribution in [0.1, 0.15) is 29.1 Å². The van der Waals surface area contributed by atoms with Gasteiger partial charge >= 0.3 is 0 Å². The average molecular weight is 326 g/mol. The molecule has 7 heteroatoms. The quantitative estimate of drug-likeness (QED) is 0.778. The SMILES string of the molecule is COc1ccc(C(=O)NC(C)c2nnc3ccccn23)c(OC)c1. The molecule has 24 heavy (non-hydrogen) atoms. The summed E-state index contributed by atoms with van der Waals surface area (Å²) in [6.45, 7) is 1.86. The first-order chi connectivity index (χ1) is 11.6. The zero-order valence-electron chi connectivity index (χ0n) is 13.7. The number of nitrogens with zero attached hydrogens (tertiary/aromatic N) is 3. The number of hydrogen-bond donors (Lipinski definition) is 1. The lowest BCUT2D eigenvalue weighted by atomic mass is 10.1. The van der Waals surface area contributed by atoms with Crippen LogP contribution in [-0.4, -0.2) is 34.7 Å². The number of aromatic nitrogens is 3. The summed E-state index contributed by atoms with van der Waals surface area (Å²) in [5, 5.41) is 11.2. The van der Waals surface area contributed by atoms with Gasteiger partial charge in [0.1, 0.15) is 11.5 Å². The summed E-state index contributed by atoms with van der Waals surface area (Å²) >= 11 is 0. The van der Waals surface area contributed by atoms with Gasteiger partial charge in [0.2, 0.25) is 0 Å². The van der Waals surface area contributed by atoms with Crippen molar-refractivity contribution in [2.75, 3.05) is 14.2 Å². The van der Waals surface area contributed by atoms with Gasteiger partial charge in [0, 0.05) is 12.3 Å². The Bertz CT molecular complexity index is 875. The summed E-state index contributed by atoms with van der Waals surface area (Å²) in [7, 11) is 3.08. The van der Waals surface area contributed by atoms with Gasteiger partial charge in [0.15, 0.2) is 11.5 Å². The lowest BCUT2D eigenvalue weighted by Crippen LogP contribution is -2.28. The van der Waals surface area contributed by atoms with Crippen molar-refractivity contribution in [3.8, 4) is 11.5 Å². The number of fused-ring (bicyclic) bond motifs is 1. The van der Waals surface area contributed by atoms with Crippen molar-refractivity contribution in [2.24, 2.45) is 0 Å². The topological polar surface area (TPSA) is 77.8 Å². The zero-order valence-corrected chi connectivity index (χ0v) is 13.7. The van der Waals surface area contributed by atoms with Gasteiger partial charge in [-0.1, -0.05) is 6.07 Å². The van der Waals surface area contributed by atoms with Gasteiger partial charge in [0.25, 0.3) is 5.91 Å². The molecule has 1 amide bonds. The van der Waals surface area contributed by atoms with Gasteiger partial charge in [-0.15, -0.1) is 10.2 Å². The number of ether oxygens (including phenoxy) is 2. The minimum atomic E-state index is -0.318. The molecule has 0 radical (unpaired) electrons. The smallest absolute Gasteiger partial charge is 0.255 e. The van der Waals surface area contributed by atoms with Crippen molar-refractivity contribution in [3.63, 3.8) is 0 Å². The van der Waals surface area contributed by atoms with Gasteiger partial charge in [-0.2, -0.15) is 0 Å². The number of hydrogen-bond acceptors (Lipinski definition) is 5. The standard InChI is InChI=1S/C17H18N4O3/c1-11(16-20-19-15-6-4-5-9-21(15)16)18-17(22)13-8-7-12(23-2)10-14(13)24-3/h4-11H,1-3H3,(H,18,22). The van der Waals surface area contributed by atoms with Gasteiger partial charge in [-0.05, 0) is 31.2 Å². The molecule has 1 N–H and O–H groups in total. The average Bonchev–Trinajstić information content (AvgIpc) is 3.05. The highest BCUT2D eigenvalue weighted by Crippen LogP contribution is 2.25. The summed E-state index contributed by atoms with van der Waals surface area (Å²) in [5.41, 5.74) is 1.16. The first-order valence-electron chi connectivity index (χ1n) is 7.46. The van der Waals surface area contributed by atoms with Crippen molar-refractivity contribution >= 4 is 11.6 Å². The molecule has 0 aliphatic carbocycles. The highest BCUT2D eigenvalue weighted by atomic mass is 16.5. The third-order valence-corrected chi connectivity index (χ3v) is 3.73. The maximum Gasteiger partial charge on any atom is 0.255 e. The summed E-state index contributed by atoms with van der Waals surface area (Å²) in [5.74, 6) is 1.48. The number of benzene rings is 1. The predicted molar refractivity (Wildman–Crippen MR) is 88.4 cm³/mol. The largest absolute Gasteiger partial charge is 0.497 e. The predicted octanol–water partition coefficient (Wildman–Crippen LogP) is 2.24. The minimum Gasteiger partial charge on any atom is -0.497 e. The van der Waals surface area contributed by atoms with E-state index in [9.17, 15) is 4.79 Å². The normalized spacial score (nSPS) is 12.0. The van der Waals surface area contributed by atoms with E-state index in [2.05, 4.69) is 15.5 Å². The molecule has 0 saturated carbocycles. The van der Waals surface area contributed by atoms with E-state index < -0.39 is 0 Å². The molecule has 2 aromatic heterocycles. The van der Waals surface area contributed by atoms with Gasteiger partial charge < -0.3 is 14.8 Å². The molecule has 0 spiro atoms. The molecule has 0 fully saturated rings. The fourth-order valence-electron chi connectivity index (χ4n) is 2.48. The van der Waals surface area contributed by atoms with Crippen molar-refractivity contribution < 1.29 is 14.3 Å². The molecule has 1 atom stereocenters. The highest BCUT2D eigenvalue weighted by Gasteiger charge is 2.19. The molecule has 3 rings (SSSR count). The van der Waals surface area contributed by atoms with Gasteiger partial charge in [-0.3, -0.25) is 9.20 Å². The molecule has 2 heterocycles. The second-order valence-electron chi connectivity index (χ2n) is 5.25. The summed E-state index contributed by atoms with van der Waals surface area (Å²) in [6.07, 6.45) is 1.86. The van der Waals surface area contributed by atoms with E-state index >= 15 is 0 Å². The van der Waals surface area contributed by atoms with Crippen molar-refractivity contribution in [1.29, 1.82) is 0 Å². The minimum absolute atomic E-state index is 0.255. The Morgan fingerprint density at radius 2 is 2.00 bits per heavy atom. The number of pyridine rings is 1. The van der Waals surface area contributed by atoms with Crippen LogP contribution < -0.4 is 14.8 Å². The van der Waals surface area contributed by atoms with Crippen molar-refractivity contribution in [3.05, 3.63) is 54.0 Å². The van der Waals surface area contributed by atoms with Crippen LogP contribution >= 0.6 is 0 Å². The van der Waals surface area contributed by atoms with Crippen LogP contribution in [0, 0.1) is 0 Å². The Balaban J connectivity index is 1.84. The monoisotopic (exact) mass is 326 g/mol. The van der Waals surface area contributed by atoms with Crippen LogP contribution in [0.5, 0.6) is 11.5 Å². The maximum atomic E-state index is 12.6. The number of methoxy groups -OCH3 is 2. The first-order valence-corrected chi connectivity index (χ1v) is 7.46. The Kier molecular flexibility index (Phi) is 4.33. The second kappa shape index (κ2) is 6.57. The third kappa shape index (κ3) is 2.88. The lowest BCUT2D eigenvalue weighted by molar-refractivity contribution is 0.0935. The molecule has 3 aromatic rings. The van der Waals surface area contributed by atoms with E-state index in [0.29, 0.717) is 22.9 Å². The number of nitrogens with one attached hydrogen (secondary N) is 1. The summed E-state index contributed by atoms with van der Waals surface area (Å²) in [6, 6.07) is 10.4. The van der Waals surface area contributed by atoms with Crippen LogP contribution in [0.4, 0.5) is 0 Å². The zero-order chi connectivity index (χ0) is 17.1. The molecule has 7 nitrogen and oxygen atoms in total. The number of rotatable bonds is 5. The fourth-order valence-corrected chi connectivity index (χ4v) is 2.48. The molecule has 0 saturated heterocycles. The van der Waals surface area contributed by atoms with E-state index in [1.165, 1.54) is 7.11 Å². The maximum absolute atomic E-state index is 12.6. The molecule has 0 aliphatic heterocycles. The Labute approximate surface area is 139 Å². The van der Waals surface area contributed by atoms with Gasteiger partial charge in [-0.25, -0.2) is 0 Å². The van der Waals surface area contributed by atoms with Gasteiger partial charge in [0.05, 0.1) is 25.8 Å². The highest BCUT2D eigenvalue weighted by molar-refractivity contribution is 5.97. The Hall–Kier alpha value is -3.09. The molecular formula is C17H18N4O3. The third-order valence-electron chi connectivity index (χ3n) is 3.73. The second-order valence-corrected chi connectivity index (χ2v) is 5.25.